The maximum atomic E-state index is 12.0. The molecular weight excluding hydrogens is 423 g/mol. The molecule has 2 N–H and O–H groups in total. The number of hydrogen-bond acceptors (Lipinski definition) is 3. The van der Waals surface area contributed by atoms with Gasteiger partial charge < -0.3 is 15.5 Å². The Kier molecular flexibility index (Phi) is 8.75. The molecule has 0 aromatic heterocycles. The van der Waals surface area contributed by atoms with E-state index in [4.69, 9.17) is 5.73 Å². The molecule has 0 aliphatic carbocycles. The number of aliphatic imine (C=N–C) groups is 1. The Hall–Kier alpha value is -0.960. The van der Waals surface area contributed by atoms with Gasteiger partial charge >= 0.3 is 0 Å². The third-order valence-corrected chi connectivity index (χ3v) is 4.53. The number of carbonyl (C=O) groups excluding carboxylic acids is 1. The van der Waals surface area contributed by atoms with Crippen LogP contribution in [0.2, 0.25) is 0 Å². The number of thioether (sulfide) groups is 1. The van der Waals surface area contributed by atoms with Crippen LogP contribution < -0.4 is 5.73 Å². The maximum absolute atomic E-state index is 12.0. The molecule has 23 heavy (non-hydrogen) atoms. The molecule has 0 atom stereocenters. The highest BCUT2D eigenvalue weighted by atomic mass is 127. The van der Waals surface area contributed by atoms with E-state index in [1.54, 1.807) is 19.0 Å². The molecule has 1 saturated heterocycles. The lowest BCUT2D eigenvalue weighted by Gasteiger charge is -2.27. The van der Waals surface area contributed by atoms with E-state index in [9.17, 15) is 4.79 Å². The van der Waals surface area contributed by atoms with Crippen LogP contribution in [0.5, 0.6) is 0 Å². The normalized spacial score (nSPS) is 15.0. The lowest BCUT2D eigenvalue weighted by Crippen LogP contribution is -2.42. The van der Waals surface area contributed by atoms with Gasteiger partial charge in [-0.2, -0.15) is 11.8 Å². The highest BCUT2D eigenvalue weighted by Gasteiger charge is 2.12. The van der Waals surface area contributed by atoms with Gasteiger partial charge in [-0.1, -0.05) is 12.1 Å². The van der Waals surface area contributed by atoms with Crippen molar-refractivity contribution >= 4 is 47.6 Å². The van der Waals surface area contributed by atoms with Crippen LogP contribution in [0.15, 0.2) is 29.3 Å². The summed E-state index contributed by atoms with van der Waals surface area (Å²) in [5.41, 5.74) is 7.86. The topological polar surface area (TPSA) is 61.9 Å². The number of amides is 1. The van der Waals surface area contributed by atoms with Gasteiger partial charge in [0, 0.05) is 50.8 Å². The minimum Gasteiger partial charge on any atom is -0.370 e. The van der Waals surface area contributed by atoms with E-state index in [0.29, 0.717) is 18.1 Å². The standard InChI is InChI=1S/C16H24N4OS.HI/c1-19(2)15(21)14-5-3-4-13(12-14)6-7-18-16(17)20-8-10-22-11-9-20;/h3-5,12H,6-11H2,1-2H3,(H2,17,18);1H. The van der Waals surface area contributed by atoms with Gasteiger partial charge in [0.05, 0.1) is 0 Å². The van der Waals surface area contributed by atoms with Crippen molar-refractivity contribution in [2.45, 2.75) is 6.42 Å². The van der Waals surface area contributed by atoms with E-state index in [-0.39, 0.29) is 29.9 Å². The number of benzene rings is 1. The summed E-state index contributed by atoms with van der Waals surface area (Å²) in [6.45, 7) is 2.61. The Labute approximate surface area is 159 Å². The quantitative estimate of drug-likeness (QED) is 0.435. The van der Waals surface area contributed by atoms with Gasteiger partial charge in [-0.15, -0.1) is 24.0 Å². The number of nitrogens with zero attached hydrogens (tertiary/aromatic N) is 3. The van der Waals surface area contributed by atoms with Crippen molar-refractivity contribution in [2.75, 3.05) is 45.2 Å². The summed E-state index contributed by atoms with van der Waals surface area (Å²) in [6, 6.07) is 7.72. The first-order chi connectivity index (χ1) is 10.6. The number of guanidine groups is 1. The molecule has 0 radical (unpaired) electrons. The molecule has 5 nitrogen and oxygen atoms in total. The summed E-state index contributed by atoms with van der Waals surface area (Å²) in [7, 11) is 3.52. The molecule has 1 aliphatic rings. The van der Waals surface area contributed by atoms with Crippen LogP contribution in [0.25, 0.3) is 0 Å². The highest BCUT2D eigenvalue weighted by molar-refractivity contribution is 14.0. The molecule has 1 fully saturated rings. The molecule has 1 heterocycles. The average Bonchev–Trinajstić information content (AvgIpc) is 2.55. The van der Waals surface area contributed by atoms with Gasteiger partial charge in [0.25, 0.3) is 5.91 Å². The second-order valence-corrected chi connectivity index (χ2v) is 6.71. The smallest absolute Gasteiger partial charge is 0.253 e. The number of carbonyl (C=O) groups is 1. The fourth-order valence-corrected chi connectivity index (χ4v) is 3.21. The Morgan fingerprint density at radius 1 is 1.35 bits per heavy atom. The molecule has 1 aliphatic heterocycles. The van der Waals surface area contributed by atoms with Crippen LogP contribution in [0.3, 0.4) is 0 Å². The third kappa shape index (κ3) is 6.21. The molecule has 0 spiro atoms. The van der Waals surface area contributed by atoms with Crippen molar-refractivity contribution in [1.29, 1.82) is 0 Å². The minimum atomic E-state index is 0. The molecule has 0 bridgehead atoms. The largest absolute Gasteiger partial charge is 0.370 e. The Morgan fingerprint density at radius 2 is 2.04 bits per heavy atom. The van der Waals surface area contributed by atoms with Gasteiger partial charge in [0.15, 0.2) is 5.96 Å². The van der Waals surface area contributed by atoms with Crippen LogP contribution in [0, 0.1) is 0 Å². The predicted octanol–water partition coefficient (Wildman–Crippen LogP) is 1.91. The molecule has 7 heteroatoms. The molecule has 0 saturated carbocycles. The Morgan fingerprint density at radius 3 is 2.70 bits per heavy atom. The van der Waals surface area contributed by atoms with Gasteiger partial charge in [0.2, 0.25) is 0 Å². The minimum absolute atomic E-state index is 0. The van der Waals surface area contributed by atoms with Crippen LogP contribution in [0.4, 0.5) is 0 Å². The van der Waals surface area contributed by atoms with Crippen molar-refractivity contribution in [3.63, 3.8) is 0 Å². The molecular formula is C16H25IN4OS. The first kappa shape index (κ1) is 20.1. The van der Waals surface area contributed by atoms with E-state index in [0.717, 1.165) is 36.6 Å². The van der Waals surface area contributed by atoms with Crippen LogP contribution in [-0.2, 0) is 6.42 Å². The van der Waals surface area contributed by atoms with E-state index >= 15 is 0 Å². The van der Waals surface area contributed by atoms with E-state index in [2.05, 4.69) is 9.89 Å². The summed E-state index contributed by atoms with van der Waals surface area (Å²) in [5, 5.41) is 0. The number of rotatable bonds is 4. The molecule has 2 rings (SSSR count). The number of halogens is 1. The van der Waals surface area contributed by atoms with Crippen molar-refractivity contribution in [1.82, 2.24) is 9.80 Å². The van der Waals surface area contributed by atoms with Gasteiger partial charge in [-0.3, -0.25) is 9.79 Å². The molecule has 1 amide bonds. The van der Waals surface area contributed by atoms with Gasteiger partial charge in [0.1, 0.15) is 0 Å². The van der Waals surface area contributed by atoms with E-state index < -0.39 is 0 Å². The van der Waals surface area contributed by atoms with Crippen LogP contribution in [0.1, 0.15) is 15.9 Å². The predicted molar refractivity (Wildman–Crippen MR) is 109 cm³/mol. The van der Waals surface area contributed by atoms with Gasteiger partial charge in [-0.25, -0.2) is 0 Å². The Balaban J connectivity index is 0.00000264. The molecule has 1 aromatic carbocycles. The van der Waals surface area contributed by atoms with E-state index in [1.165, 1.54) is 0 Å². The zero-order valence-electron chi connectivity index (χ0n) is 13.7. The summed E-state index contributed by atoms with van der Waals surface area (Å²) >= 11 is 1.96. The maximum Gasteiger partial charge on any atom is 0.253 e. The number of hydrogen-bond donors (Lipinski definition) is 1. The summed E-state index contributed by atoms with van der Waals surface area (Å²) in [4.78, 5) is 20.2. The van der Waals surface area contributed by atoms with Crippen LogP contribution >= 0.6 is 35.7 Å². The van der Waals surface area contributed by atoms with E-state index in [1.807, 2.05) is 36.0 Å². The van der Waals surface area contributed by atoms with Crippen molar-refractivity contribution in [3.8, 4) is 0 Å². The third-order valence-electron chi connectivity index (χ3n) is 3.59. The second-order valence-electron chi connectivity index (χ2n) is 5.49. The van der Waals surface area contributed by atoms with Crippen molar-refractivity contribution in [2.24, 2.45) is 10.7 Å². The first-order valence-electron chi connectivity index (χ1n) is 7.51. The van der Waals surface area contributed by atoms with Gasteiger partial charge in [-0.05, 0) is 24.1 Å². The van der Waals surface area contributed by atoms with Crippen molar-refractivity contribution < 1.29 is 4.79 Å². The van der Waals surface area contributed by atoms with Crippen LogP contribution in [-0.4, -0.2) is 66.9 Å². The summed E-state index contributed by atoms with van der Waals surface area (Å²) < 4.78 is 0. The fourth-order valence-electron chi connectivity index (χ4n) is 2.31. The summed E-state index contributed by atoms with van der Waals surface area (Å²) in [6.07, 6.45) is 0.790. The lowest BCUT2D eigenvalue weighted by molar-refractivity contribution is 0.0827. The monoisotopic (exact) mass is 448 g/mol. The fraction of sp³-hybridized carbons (Fsp3) is 0.500. The van der Waals surface area contributed by atoms with Crippen molar-refractivity contribution in [3.05, 3.63) is 35.4 Å². The highest BCUT2D eigenvalue weighted by Crippen LogP contribution is 2.10. The molecule has 128 valence electrons. The molecule has 1 aromatic rings. The zero-order chi connectivity index (χ0) is 15.9. The average molecular weight is 448 g/mol. The SMILES string of the molecule is CN(C)C(=O)c1cccc(CCN=C(N)N2CCSCC2)c1.I. The Bertz CT molecular complexity index is 545. The zero-order valence-corrected chi connectivity index (χ0v) is 16.8. The lowest BCUT2D eigenvalue weighted by atomic mass is 10.1. The summed E-state index contributed by atoms with van der Waals surface area (Å²) in [5.74, 6) is 2.90. The number of nitrogens with two attached hydrogens (primary N) is 1. The first-order valence-corrected chi connectivity index (χ1v) is 8.66. The second kappa shape index (κ2) is 10.0. The molecule has 0 unspecified atom stereocenters.